The van der Waals surface area contributed by atoms with Gasteiger partial charge in [-0.25, -0.2) is 9.97 Å². The molecule has 0 amide bonds. The van der Waals surface area contributed by atoms with Crippen LogP contribution < -0.4 is 9.47 Å². The molecular formula is C20H16N2O3S. The first-order valence-corrected chi connectivity index (χ1v) is 9.14. The van der Waals surface area contributed by atoms with Gasteiger partial charge in [-0.3, -0.25) is 4.79 Å². The number of Topliss-reactive ketones (excluding diaryl/α,β-unsaturated/α-hetero) is 1. The maximum absolute atomic E-state index is 12.5. The van der Waals surface area contributed by atoms with Crippen LogP contribution in [0.4, 0.5) is 0 Å². The van der Waals surface area contributed by atoms with Gasteiger partial charge >= 0.3 is 0 Å². The Morgan fingerprint density at radius 1 is 1.04 bits per heavy atom. The lowest BCUT2D eigenvalue weighted by Gasteiger charge is -2.06. The highest BCUT2D eigenvalue weighted by atomic mass is 32.2. The van der Waals surface area contributed by atoms with Gasteiger partial charge in [-0.05, 0) is 31.2 Å². The largest absolute Gasteiger partial charge is 0.454 e. The van der Waals surface area contributed by atoms with Crippen LogP contribution in [0.3, 0.4) is 0 Å². The predicted molar refractivity (Wildman–Crippen MR) is 99.8 cm³/mol. The molecule has 0 saturated carbocycles. The van der Waals surface area contributed by atoms with Gasteiger partial charge in [0.1, 0.15) is 0 Å². The zero-order chi connectivity index (χ0) is 17.9. The van der Waals surface area contributed by atoms with Crippen LogP contribution >= 0.6 is 11.8 Å². The lowest BCUT2D eigenvalue weighted by Crippen LogP contribution is -2.04. The van der Waals surface area contributed by atoms with Crippen molar-refractivity contribution in [3.05, 3.63) is 65.9 Å². The maximum Gasteiger partial charge on any atom is 0.231 e. The normalized spacial score (nSPS) is 12.2. The molecule has 6 heteroatoms. The van der Waals surface area contributed by atoms with Crippen molar-refractivity contribution in [3.63, 3.8) is 0 Å². The number of ether oxygens (including phenoxy) is 2. The molecular weight excluding hydrogens is 348 g/mol. The molecule has 0 radical (unpaired) electrons. The molecule has 0 unspecified atom stereocenters. The molecule has 0 N–H and O–H groups in total. The fourth-order valence-electron chi connectivity index (χ4n) is 2.65. The first-order chi connectivity index (χ1) is 12.7. The van der Waals surface area contributed by atoms with E-state index >= 15 is 0 Å². The first kappa shape index (κ1) is 16.6. The number of aromatic nitrogens is 2. The summed E-state index contributed by atoms with van der Waals surface area (Å²) in [7, 11) is 0. The van der Waals surface area contributed by atoms with Crippen molar-refractivity contribution in [1.82, 2.24) is 9.97 Å². The summed E-state index contributed by atoms with van der Waals surface area (Å²) < 4.78 is 10.6. The second-order valence-electron chi connectivity index (χ2n) is 5.82. The van der Waals surface area contributed by atoms with Crippen molar-refractivity contribution in [2.45, 2.75) is 12.1 Å². The highest BCUT2D eigenvalue weighted by Gasteiger charge is 2.17. The monoisotopic (exact) mass is 364 g/mol. The van der Waals surface area contributed by atoms with Crippen LogP contribution in [0, 0.1) is 6.92 Å². The van der Waals surface area contributed by atoms with Crippen molar-refractivity contribution < 1.29 is 14.3 Å². The number of thioether (sulfide) groups is 1. The SMILES string of the molecule is Cc1cc(-c2ccccc2)nc(SCC(=O)c2ccc3c(c2)OCO3)n1. The number of carbonyl (C=O) groups is 1. The van der Waals surface area contributed by atoms with Crippen LogP contribution in [0.2, 0.25) is 0 Å². The number of benzene rings is 2. The van der Waals surface area contributed by atoms with E-state index in [0.29, 0.717) is 22.2 Å². The van der Waals surface area contributed by atoms with E-state index in [2.05, 4.69) is 9.97 Å². The van der Waals surface area contributed by atoms with E-state index in [-0.39, 0.29) is 18.3 Å². The van der Waals surface area contributed by atoms with E-state index in [9.17, 15) is 4.79 Å². The number of ketones is 1. The lowest BCUT2D eigenvalue weighted by atomic mass is 10.1. The molecule has 2 heterocycles. The van der Waals surface area contributed by atoms with Gasteiger partial charge < -0.3 is 9.47 Å². The molecule has 0 bridgehead atoms. The molecule has 1 aromatic heterocycles. The molecule has 0 aliphatic carbocycles. The van der Waals surface area contributed by atoms with Crippen molar-refractivity contribution in [2.24, 2.45) is 0 Å². The molecule has 0 fully saturated rings. The molecule has 5 nitrogen and oxygen atoms in total. The van der Waals surface area contributed by atoms with Crippen LogP contribution in [-0.4, -0.2) is 28.3 Å². The van der Waals surface area contributed by atoms with Gasteiger partial charge in [0, 0.05) is 16.8 Å². The molecule has 3 aromatic rings. The summed E-state index contributed by atoms with van der Waals surface area (Å²) in [6.45, 7) is 2.12. The number of rotatable bonds is 5. The highest BCUT2D eigenvalue weighted by Crippen LogP contribution is 2.33. The second kappa shape index (κ2) is 7.17. The molecule has 26 heavy (non-hydrogen) atoms. The lowest BCUT2D eigenvalue weighted by molar-refractivity contribution is 0.102. The van der Waals surface area contributed by atoms with E-state index in [0.717, 1.165) is 17.0 Å². The van der Waals surface area contributed by atoms with Crippen LogP contribution in [0.5, 0.6) is 11.5 Å². The van der Waals surface area contributed by atoms with E-state index in [4.69, 9.17) is 9.47 Å². The van der Waals surface area contributed by atoms with Crippen LogP contribution in [0.15, 0.2) is 59.8 Å². The smallest absolute Gasteiger partial charge is 0.231 e. The topological polar surface area (TPSA) is 61.3 Å². The van der Waals surface area contributed by atoms with Gasteiger partial charge in [0.25, 0.3) is 0 Å². The average Bonchev–Trinajstić information content (AvgIpc) is 3.14. The number of aryl methyl sites for hydroxylation is 1. The van der Waals surface area contributed by atoms with Gasteiger partial charge in [-0.15, -0.1) is 0 Å². The standard InChI is InChI=1S/C20H16N2O3S/c1-13-9-16(14-5-3-2-4-6-14)22-20(21-13)26-11-17(23)15-7-8-18-19(10-15)25-12-24-18/h2-10H,11-12H2,1H3. The minimum atomic E-state index is -0.000308. The number of fused-ring (bicyclic) bond motifs is 1. The van der Waals surface area contributed by atoms with E-state index in [1.54, 1.807) is 18.2 Å². The second-order valence-corrected chi connectivity index (χ2v) is 6.77. The van der Waals surface area contributed by atoms with E-state index in [1.807, 2.05) is 43.3 Å². The minimum Gasteiger partial charge on any atom is -0.454 e. The highest BCUT2D eigenvalue weighted by molar-refractivity contribution is 7.99. The molecule has 130 valence electrons. The Labute approximate surface area is 155 Å². The number of nitrogens with zero attached hydrogens (tertiary/aromatic N) is 2. The van der Waals surface area contributed by atoms with Gasteiger partial charge in [-0.2, -0.15) is 0 Å². The Hall–Kier alpha value is -2.86. The third kappa shape index (κ3) is 3.55. The summed E-state index contributed by atoms with van der Waals surface area (Å²) in [6.07, 6.45) is 0. The minimum absolute atomic E-state index is 0.000308. The number of carbonyl (C=O) groups excluding carboxylic acids is 1. The molecule has 0 spiro atoms. The van der Waals surface area contributed by atoms with E-state index < -0.39 is 0 Å². The van der Waals surface area contributed by atoms with Crippen molar-refractivity contribution >= 4 is 17.5 Å². The Bertz CT molecular complexity index is 961. The molecule has 0 saturated heterocycles. The zero-order valence-corrected chi connectivity index (χ0v) is 15.0. The van der Waals surface area contributed by atoms with Crippen LogP contribution in [0.1, 0.15) is 16.1 Å². The third-order valence-corrected chi connectivity index (χ3v) is 4.78. The van der Waals surface area contributed by atoms with Crippen LogP contribution in [0.25, 0.3) is 11.3 Å². The Morgan fingerprint density at radius 3 is 2.69 bits per heavy atom. The fourth-order valence-corrected chi connectivity index (χ4v) is 3.44. The molecule has 0 atom stereocenters. The molecule has 1 aliphatic heterocycles. The van der Waals surface area contributed by atoms with E-state index in [1.165, 1.54) is 11.8 Å². The summed E-state index contributed by atoms with van der Waals surface area (Å²) in [5, 5.41) is 0.595. The molecule has 1 aliphatic rings. The van der Waals surface area contributed by atoms with Gasteiger partial charge in [0.05, 0.1) is 11.4 Å². The van der Waals surface area contributed by atoms with Crippen molar-refractivity contribution in [3.8, 4) is 22.8 Å². The van der Waals surface area contributed by atoms with Gasteiger partial charge in [-0.1, -0.05) is 42.1 Å². The number of hydrogen-bond acceptors (Lipinski definition) is 6. The molecule has 2 aromatic carbocycles. The summed E-state index contributed by atoms with van der Waals surface area (Å²) in [5.41, 5.74) is 3.35. The quantitative estimate of drug-likeness (QED) is 0.385. The van der Waals surface area contributed by atoms with Crippen molar-refractivity contribution in [2.75, 3.05) is 12.5 Å². The Balaban J connectivity index is 1.49. The summed E-state index contributed by atoms with van der Waals surface area (Å²) in [4.78, 5) is 21.5. The Morgan fingerprint density at radius 2 is 1.85 bits per heavy atom. The van der Waals surface area contributed by atoms with Crippen LogP contribution in [-0.2, 0) is 0 Å². The fraction of sp³-hybridized carbons (Fsp3) is 0.150. The zero-order valence-electron chi connectivity index (χ0n) is 14.1. The predicted octanol–water partition coefficient (Wildman–Crippen LogP) is 4.16. The van der Waals surface area contributed by atoms with Gasteiger partial charge in [0.2, 0.25) is 6.79 Å². The third-order valence-electron chi connectivity index (χ3n) is 3.93. The first-order valence-electron chi connectivity index (χ1n) is 8.16. The van der Waals surface area contributed by atoms with Crippen molar-refractivity contribution in [1.29, 1.82) is 0 Å². The maximum atomic E-state index is 12.5. The molecule has 4 rings (SSSR count). The average molecular weight is 364 g/mol. The summed E-state index contributed by atoms with van der Waals surface area (Å²) in [6, 6.07) is 17.1. The summed E-state index contributed by atoms with van der Waals surface area (Å²) in [5.74, 6) is 1.54. The van der Waals surface area contributed by atoms with Gasteiger partial charge in [0.15, 0.2) is 22.4 Å². The number of hydrogen-bond donors (Lipinski definition) is 0. The summed E-state index contributed by atoms with van der Waals surface area (Å²) >= 11 is 1.34. The Kier molecular flexibility index (Phi) is 4.58.